The lowest BCUT2D eigenvalue weighted by Crippen LogP contribution is -2.24. The monoisotopic (exact) mass is 354 g/mol. The number of hydrazone groups is 1. The van der Waals surface area contributed by atoms with Crippen LogP contribution in [0, 0.1) is 11.3 Å². The van der Waals surface area contributed by atoms with Gasteiger partial charge in [-0.2, -0.15) is 10.4 Å². The Kier molecular flexibility index (Phi) is 6.83. The molecule has 0 unspecified atom stereocenters. The fourth-order valence-electron chi connectivity index (χ4n) is 2.06. The van der Waals surface area contributed by atoms with Crippen LogP contribution in [0.15, 0.2) is 47.6 Å². The van der Waals surface area contributed by atoms with E-state index in [-0.39, 0.29) is 6.61 Å². The van der Waals surface area contributed by atoms with Crippen molar-refractivity contribution < 1.29 is 19.0 Å². The predicted octanol–water partition coefficient (Wildman–Crippen LogP) is 2.76. The highest BCUT2D eigenvalue weighted by molar-refractivity contribution is 5.91. The lowest BCUT2D eigenvalue weighted by molar-refractivity contribution is 0.252. The van der Waals surface area contributed by atoms with Crippen LogP contribution < -0.4 is 25.0 Å². The summed E-state index contributed by atoms with van der Waals surface area (Å²) in [5.41, 5.74) is 3.58. The van der Waals surface area contributed by atoms with E-state index in [9.17, 15) is 4.79 Å². The van der Waals surface area contributed by atoms with Crippen molar-refractivity contribution in [1.82, 2.24) is 5.43 Å². The summed E-state index contributed by atoms with van der Waals surface area (Å²) in [4.78, 5) is 11.9. The molecule has 0 spiro atoms. The maximum atomic E-state index is 11.9. The Morgan fingerprint density at radius 2 is 1.92 bits per heavy atom. The molecule has 0 aliphatic rings. The Bertz CT molecular complexity index is 830. The molecule has 0 fully saturated rings. The summed E-state index contributed by atoms with van der Waals surface area (Å²) in [5, 5.41) is 15.1. The van der Waals surface area contributed by atoms with Crippen LogP contribution in [0.2, 0.25) is 0 Å². The number of para-hydroxylation sites is 2. The smallest absolute Gasteiger partial charge is 0.339 e. The molecule has 2 aromatic rings. The molecule has 26 heavy (non-hydrogen) atoms. The van der Waals surface area contributed by atoms with Gasteiger partial charge in [0.05, 0.1) is 26.1 Å². The van der Waals surface area contributed by atoms with Crippen LogP contribution >= 0.6 is 0 Å². The summed E-state index contributed by atoms with van der Waals surface area (Å²) in [5.74, 6) is 1.46. The highest BCUT2D eigenvalue weighted by Crippen LogP contribution is 2.27. The number of nitrogens with one attached hydrogen (secondary N) is 2. The van der Waals surface area contributed by atoms with Crippen LogP contribution in [-0.4, -0.2) is 33.1 Å². The molecule has 8 nitrogen and oxygen atoms in total. The standard InChI is InChI=1S/C18H18N4O4/c1-24-15-6-4-3-5-14(15)21-18(23)22-20-12-13-7-8-16(26-10-9-19)17(11-13)25-2/h3-8,11-12H,10H2,1-2H3,(H2,21,22,23)/b20-12+. The van der Waals surface area contributed by atoms with Gasteiger partial charge in [-0.25, -0.2) is 10.2 Å². The van der Waals surface area contributed by atoms with Gasteiger partial charge in [0.25, 0.3) is 0 Å². The van der Waals surface area contributed by atoms with Gasteiger partial charge in [-0.05, 0) is 35.9 Å². The minimum Gasteiger partial charge on any atom is -0.495 e. The number of anilines is 1. The molecule has 0 bridgehead atoms. The second kappa shape index (κ2) is 9.54. The molecule has 0 aliphatic heterocycles. The number of ether oxygens (including phenoxy) is 3. The zero-order valence-electron chi connectivity index (χ0n) is 14.4. The summed E-state index contributed by atoms with van der Waals surface area (Å²) in [6, 6.07) is 13.5. The van der Waals surface area contributed by atoms with Gasteiger partial charge >= 0.3 is 6.03 Å². The average molecular weight is 354 g/mol. The summed E-state index contributed by atoms with van der Waals surface area (Å²) in [6.45, 7) is -0.0749. The Hall–Kier alpha value is -3.73. The highest BCUT2D eigenvalue weighted by Gasteiger charge is 2.06. The molecule has 0 saturated heterocycles. The molecule has 0 aliphatic carbocycles. The summed E-state index contributed by atoms with van der Waals surface area (Å²) in [6.07, 6.45) is 1.46. The second-order valence-corrected chi connectivity index (χ2v) is 4.88. The molecule has 8 heteroatoms. The zero-order valence-corrected chi connectivity index (χ0v) is 14.4. The van der Waals surface area contributed by atoms with Gasteiger partial charge in [0.15, 0.2) is 18.1 Å². The third kappa shape index (κ3) is 5.14. The normalized spacial score (nSPS) is 10.0. The third-order valence-corrected chi connectivity index (χ3v) is 3.21. The second-order valence-electron chi connectivity index (χ2n) is 4.88. The quantitative estimate of drug-likeness (QED) is 0.587. The van der Waals surface area contributed by atoms with Crippen molar-refractivity contribution in [2.45, 2.75) is 0 Å². The number of carbonyl (C=O) groups excluding carboxylic acids is 1. The maximum absolute atomic E-state index is 11.9. The minimum atomic E-state index is -0.508. The van der Waals surface area contributed by atoms with Crippen molar-refractivity contribution in [2.75, 3.05) is 26.1 Å². The summed E-state index contributed by atoms with van der Waals surface area (Å²) in [7, 11) is 3.02. The van der Waals surface area contributed by atoms with E-state index >= 15 is 0 Å². The number of nitrogens with zero attached hydrogens (tertiary/aromatic N) is 2. The van der Waals surface area contributed by atoms with E-state index in [4.69, 9.17) is 19.5 Å². The van der Waals surface area contributed by atoms with Gasteiger partial charge in [-0.15, -0.1) is 0 Å². The molecule has 134 valence electrons. The van der Waals surface area contributed by atoms with E-state index in [1.807, 2.05) is 6.07 Å². The molecule has 2 rings (SSSR count). The molecule has 0 atom stereocenters. The van der Waals surface area contributed by atoms with Crippen LogP contribution in [-0.2, 0) is 0 Å². The Morgan fingerprint density at radius 3 is 2.65 bits per heavy atom. The number of benzene rings is 2. The first kappa shape index (κ1) is 18.6. The molecule has 2 aromatic carbocycles. The van der Waals surface area contributed by atoms with Crippen molar-refractivity contribution in [1.29, 1.82) is 5.26 Å². The first-order valence-corrected chi connectivity index (χ1v) is 7.58. The van der Waals surface area contributed by atoms with Crippen LogP contribution in [0.1, 0.15) is 5.56 Å². The molecule has 0 radical (unpaired) electrons. The molecular formula is C18H18N4O4. The fourth-order valence-corrected chi connectivity index (χ4v) is 2.06. The van der Waals surface area contributed by atoms with E-state index in [2.05, 4.69) is 15.8 Å². The van der Waals surface area contributed by atoms with E-state index in [0.717, 1.165) is 0 Å². The number of nitriles is 1. The van der Waals surface area contributed by atoms with Crippen molar-refractivity contribution >= 4 is 17.9 Å². The molecule has 2 amide bonds. The van der Waals surface area contributed by atoms with Gasteiger partial charge in [0.2, 0.25) is 0 Å². The van der Waals surface area contributed by atoms with Gasteiger partial charge < -0.3 is 19.5 Å². The first-order valence-electron chi connectivity index (χ1n) is 7.58. The number of urea groups is 1. The number of hydrogen-bond acceptors (Lipinski definition) is 6. The van der Waals surface area contributed by atoms with E-state index in [0.29, 0.717) is 28.5 Å². The molecular weight excluding hydrogens is 336 g/mol. The van der Waals surface area contributed by atoms with Crippen LogP contribution in [0.4, 0.5) is 10.5 Å². The summed E-state index contributed by atoms with van der Waals surface area (Å²) >= 11 is 0. The molecule has 0 heterocycles. The molecule has 0 saturated carbocycles. The minimum absolute atomic E-state index is 0.0749. The van der Waals surface area contributed by atoms with Crippen LogP contribution in [0.3, 0.4) is 0 Å². The number of rotatable bonds is 7. The number of hydrogen-bond donors (Lipinski definition) is 2. The van der Waals surface area contributed by atoms with E-state index < -0.39 is 6.03 Å². The van der Waals surface area contributed by atoms with Gasteiger partial charge in [0, 0.05) is 0 Å². The number of methoxy groups -OCH3 is 2. The zero-order chi connectivity index (χ0) is 18.8. The van der Waals surface area contributed by atoms with E-state index in [1.165, 1.54) is 20.4 Å². The summed E-state index contributed by atoms with van der Waals surface area (Å²) < 4.78 is 15.6. The number of amides is 2. The average Bonchev–Trinajstić information content (AvgIpc) is 2.67. The largest absolute Gasteiger partial charge is 0.495 e. The lowest BCUT2D eigenvalue weighted by Gasteiger charge is -2.09. The topological polar surface area (TPSA) is 105 Å². The Morgan fingerprint density at radius 1 is 1.15 bits per heavy atom. The van der Waals surface area contributed by atoms with Gasteiger partial charge in [-0.1, -0.05) is 12.1 Å². The SMILES string of the molecule is COc1ccccc1NC(=O)N/N=C/c1ccc(OCC#N)c(OC)c1. The van der Waals surface area contributed by atoms with Crippen LogP contribution in [0.25, 0.3) is 0 Å². The fraction of sp³-hybridized carbons (Fsp3) is 0.167. The first-order chi connectivity index (χ1) is 12.7. The molecule has 2 N–H and O–H groups in total. The third-order valence-electron chi connectivity index (χ3n) is 3.21. The van der Waals surface area contributed by atoms with Crippen molar-refractivity contribution in [3.8, 4) is 23.3 Å². The van der Waals surface area contributed by atoms with Crippen molar-refractivity contribution in [2.24, 2.45) is 5.10 Å². The van der Waals surface area contributed by atoms with Gasteiger partial charge in [-0.3, -0.25) is 0 Å². The molecule has 0 aromatic heterocycles. The Balaban J connectivity index is 1.97. The Labute approximate surface area is 151 Å². The lowest BCUT2D eigenvalue weighted by atomic mass is 10.2. The predicted molar refractivity (Wildman–Crippen MR) is 96.8 cm³/mol. The van der Waals surface area contributed by atoms with Crippen molar-refractivity contribution in [3.63, 3.8) is 0 Å². The highest BCUT2D eigenvalue weighted by atomic mass is 16.5. The van der Waals surface area contributed by atoms with Crippen molar-refractivity contribution in [3.05, 3.63) is 48.0 Å². The number of carbonyl (C=O) groups is 1. The van der Waals surface area contributed by atoms with Crippen LogP contribution in [0.5, 0.6) is 17.2 Å². The maximum Gasteiger partial charge on any atom is 0.339 e. The van der Waals surface area contributed by atoms with Gasteiger partial charge in [0.1, 0.15) is 11.8 Å². The van der Waals surface area contributed by atoms with E-state index in [1.54, 1.807) is 42.5 Å².